The van der Waals surface area contributed by atoms with Crippen LogP contribution < -0.4 is 5.32 Å². The molecule has 0 spiro atoms. The fourth-order valence-corrected chi connectivity index (χ4v) is 4.54. The predicted octanol–water partition coefficient (Wildman–Crippen LogP) is 4.39. The van der Waals surface area contributed by atoms with Gasteiger partial charge in [0.2, 0.25) is 0 Å². The zero-order valence-corrected chi connectivity index (χ0v) is 19.3. The van der Waals surface area contributed by atoms with E-state index in [-0.39, 0.29) is 24.1 Å². The lowest BCUT2D eigenvalue weighted by atomic mass is 10.0. The Morgan fingerprint density at radius 2 is 1.62 bits per heavy atom. The van der Waals surface area contributed by atoms with Gasteiger partial charge in [-0.05, 0) is 64.3 Å². The molecule has 2 aliphatic heterocycles. The number of nitrogens with one attached hydrogen (secondary N) is 1. The van der Waals surface area contributed by atoms with Gasteiger partial charge in [-0.15, -0.1) is 0 Å². The van der Waals surface area contributed by atoms with Crippen molar-refractivity contribution in [3.05, 3.63) is 54.4 Å². The van der Waals surface area contributed by atoms with Crippen molar-refractivity contribution in [2.45, 2.75) is 57.7 Å². The van der Waals surface area contributed by atoms with Crippen LogP contribution in [0.1, 0.15) is 56.6 Å². The number of carbonyl (C=O) groups excluding carboxylic acids is 2. The third kappa shape index (κ3) is 5.26. The van der Waals surface area contributed by atoms with Gasteiger partial charge in [-0.3, -0.25) is 4.79 Å². The number of hydrogen-bond donors (Lipinski definition) is 1. The number of hydrogen-bond acceptors (Lipinski definition) is 4. The Hall–Kier alpha value is -2.96. The molecular weight excluding hydrogens is 404 g/mol. The summed E-state index contributed by atoms with van der Waals surface area (Å²) in [5.74, 6) is 0.0851. The highest BCUT2D eigenvalue weighted by Crippen LogP contribution is 2.27. The van der Waals surface area contributed by atoms with E-state index in [4.69, 9.17) is 4.74 Å². The number of benzene rings is 1. The molecule has 1 aromatic carbocycles. The van der Waals surface area contributed by atoms with Crippen LogP contribution in [0.15, 0.2) is 48.7 Å². The smallest absolute Gasteiger partial charge is 0.410 e. The van der Waals surface area contributed by atoms with Crippen LogP contribution in [0.4, 0.5) is 10.5 Å². The number of carbonyl (C=O) groups is 2. The SMILES string of the molecule is CC(C)(C)OC(=O)N1CCC(n2cccc2C(=O)N2CCC(Nc3ccccc3)C2)CC1. The van der Waals surface area contributed by atoms with E-state index in [1.807, 2.05) is 62.2 Å². The molecule has 2 saturated heterocycles. The molecule has 2 fully saturated rings. The topological polar surface area (TPSA) is 66.8 Å². The summed E-state index contributed by atoms with van der Waals surface area (Å²) in [6.45, 7) is 8.38. The van der Waals surface area contributed by atoms with E-state index in [0.29, 0.717) is 19.6 Å². The Morgan fingerprint density at radius 3 is 2.31 bits per heavy atom. The van der Waals surface area contributed by atoms with E-state index in [9.17, 15) is 9.59 Å². The molecule has 0 saturated carbocycles. The lowest BCUT2D eigenvalue weighted by molar-refractivity contribution is 0.0186. The first kappa shape index (κ1) is 22.2. The normalized spacial score (nSPS) is 19.8. The molecule has 2 amide bonds. The van der Waals surface area contributed by atoms with Gasteiger partial charge >= 0.3 is 6.09 Å². The highest BCUT2D eigenvalue weighted by Gasteiger charge is 2.31. The Labute approximate surface area is 190 Å². The van der Waals surface area contributed by atoms with Crippen LogP contribution in [-0.4, -0.2) is 64.2 Å². The lowest BCUT2D eigenvalue weighted by Gasteiger charge is -2.34. The van der Waals surface area contributed by atoms with Crippen molar-refractivity contribution in [3.63, 3.8) is 0 Å². The minimum atomic E-state index is -0.489. The molecule has 7 nitrogen and oxygen atoms in total. The molecule has 0 radical (unpaired) electrons. The molecule has 3 heterocycles. The molecule has 0 aliphatic carbocycles. The van der Waals surface area contributed by atoms with Gasteiger partial charge in [-0.2, -0.15) is 0 Å². The average molecular weight is 439 g/mol. The Kier molecular flexibility index (Phi) is 6.44. The molecule has 1 unspecified atom stereocenters. The second-order valence-corrected chi connectivity index (χ2v) is 9.75. The first-order valence-electron chi connectivity index (χ1n) is 11.6. The van der Waals surface area contributed by atoms with Crippen molar-refractivity contribution >= 4 is 17.7 Å². The maximum Gasteiger partial charge on any atom is 0.410 e. The number of aromatic nitrogens is 1. The van der Waals surface area contributed by atoms with E-state index < -0.39 is 5.60 Å². The number of para-hydroxylation sites is 1. The maximum absolute atomic E-state index is 13.3. The fraction of sp³-hybridized carbons (Fsp3) is 0.520. The number of likely N-dealkylation sites (tertiary alicyclic amines) is 2. The third-order valence-corrected chi connectivity index (χ3v) is 6.13. The summed E-state index contributed by atoms with van der Waals surface area (Å²) in [7, 11) is 0. The second-order valence-electron chi connectivity index (χ2n) is 9.75. The number of anilines is 1. The zero-order chi connectivity index (χ0) is 22.7. The van der Waals surface area contributed by atoms with E-state index in [0.717, 1.165) is 37.2 Å². The number of ether oxygens (including phenoxy) is 1. The first-order valence-corrected chi connectivity index (χ1v) is 11.6. The van der Waals surface area contributed by atoms with Gasteiger partial charge in [-0.1, -0.05) is 18.2 Å². The molecule has 2 aliphatic rings. The van der Waals surface area contributed by atoms with Crippen LogP contribution >= 0.6 is 0 Å². The molecular formula is C25H34N4O3. The summed E-state index contributed by atoms with van der Waals surface area (Å²) < 4.78 is 7.60. The van der Waals surface area contributed by atoms with Crippen LogP contribution in [-0.2, 0) is 4.74 Å². The van der Waals surface area contributed by atoms with Crippen LogP contribution in [0, 0.1) is 0 Å². The Morgan fingerprint density at radius 1 is 0.938 bits per heavy atom. The van der Waals surface area contributed by atoms with Gasteiger partial charge < -0.3 is 24.4 Å². The number of piperidine rings is 1. The molecule has 7 heteroatoms. The van der Waals surface area contributed by atoms with Gasteiger partial charge in [0.25, 0.3) is 5.91 Å². The molecule has 1 N–H and O–H groups in total. The first-order chi connectivity index (χ1) is 15.3. The van der Waals surface area contributed by atoms with Gasteiger partial charge in [0, 0.05) is 50.1 Å². The lowest BCUT2D eigenvalue weighted by Crippen LogP contribution is -2.42. The van der Waals surface area contributed by atoms with E-state index in [1.54, 1.807) is 4.90 Å². The molecule has 32 heavy (non-hydrogen) atoms. The highest BCUT2D eigenvalue weighted by atomic mass is 16.6. The van der Waals surface area contributed by atoms with Crippen LogP contribution in [0.25, 0.3) is 0 Å². The van der Waals surface area contributed by atoms with Crippen molar-refractivity contribution in [2.24, 2.45) is 0 Å². The number of nitrogens with zero attached hydrogens (tertiary/aromatic N) is 3. The van der Waals surface area contributed by atoms with Crippen molar-refractivity contribution in [1.29, 1.82) is 0 Å². The number of amides is 2. The maximum atomic E-state index is 13.3. The average Bonchev–Trinajstić information content (AvgIpc) is 3.43. The number of rotatable bonds is 4. The van der Waals surface area contributed by atoms with E-state index >= 15 is 0 Å². The summed E-state index contributed by atoms with van der Waals surface area (Å²) >= 11 is 0. The van der Waals surface area contributed by atoms with Gasteiger partial charge in [0.1, 0.15) is 11.3 Å². The predicted molar refractivity (Wildman–Crippen MR) is 125 cm³/mol. The molecule has 172 valence electrons. The van der Waals surface area contributed by atoms with Crippen molar-refractivity contribution in [2.75, 3.05) is 31.5 Å². The van der Waals surface area contributed by atoms with E-state index in [1.165, 1.54) is 0 Å². The Balaban J connectivity index is 1.34. The fourth-order valence-electron chi connectivity index (χ4n) is 4.54. The minimum absolute atomic E-state index is 0.0851. The molecule has 0 bridgehead atoms. The van der Waals surface area contributed by atoms with Gasteiger partial charge in [0.15, 0.2) is 0 Å². The van der Waals surface area contributed by atoms with Gasteiger partial charge in [0.05, 0.1) is 0 Å². The third-order valence-electron chi connectivity index (χ3n) is 6.13. The standard InChI is InChI=1S/C25H34N4O3/c1-25(2,3)32-24(31)27-16-12-21(13-17-27)29-14-7-10-22(29)23(30)28-15-11-20(18-28)26-19-8-5-4-6-9-19/h4-10,14,20-21,26H,11-13,15-18H2,1-3H3. The van der Waals surface area contributed by atoms with Gasteiger partial charge in [-0.25, -0.2) is 4.79 Å². The summed E-state index contributed by atoms with van der Waals surface area (Å²) in [4.78, 5) is 29.4. The molecule has 4 rings (SSSR count). The highest BCUT2D eigenvalue weighted by molar-refractivity contribution is 5.93. The van der Waals surface area contributed by atoms with Crippen molar-refractivity contribution in [1.82, 2.24) is 14.4 Å². The van der Waals surface area contributed by atoms with Crippen LogP contribution in [0.3, 0.4) is 0 Å². The monoisotopic (exact) mass is 438 g/mol. The largest absolute Gasteiger partial charge is 0.444 e. The summed E-state index contributed by atoms with van der Waals surface area (Å²) in [5, 5.41) is 3.53. The summed E-state index contributed by atoms with van der Waals surface area (Å²) in [5.41, 5.74) is 1.34. The summed E-state index contributed by atoms with van der Waals surface area (Å²) in [6, 6.07) is 14.5. The van der Waals surface area contributed by atoms with Crippen LogP contribution in [0.2, 0.25) is 0 Å². The van der Waals surface area contributed by atoms with Crippen molar-refractivity contribution in [3.8, 4) is 0 Å². The quantitative estimate of drug-likeness (QED) is 0.769. The van der Waals surface area contributed by atoms with Crippen molar-refractivity contribution < 1.29 is 14.3 Å². The summed E-state index contributed by atoms with van der Waals surface area (Å²) in [6.07, 6.45) is 4.30. The molecule has 1 aromatic heterocycles. The molecule has 1 atom stereocenters. The second kappa shape index (κ2) is 9.27. The van der Waals surface area contributed by atoms with Crippen LogP contribution in [0.5, 0.6) is 0 Å². The van der Waals surface area contributed by atoms with E-state index in [2.05, 4.69) is 22.0 Å². The minimum Gasteiger partial charge on any atom is -0.444 e. The Bertz CT molecular complexity index is 926. The zero-order valence-electron chi connectivity index (χ0n) is 19.3. The molecule has 2 aromatic rings.